The summed E-state index contributed by atoms with van der Waals surface area (Å²) in [6, 6.07) is 14.9. The highest BCUT2D eigenvalue weighted by atomic mass is 16.5. The molecule has 2 atom stereocenters. The minimum Gasteiger partial charge on any atom is -0.497 e. The van der Waals surface area contributed by atoms with Crippen molar-refractivity contribution in [3.8, 4) is 17.2 Å². The van der Waals surface area contributed by atoms with E-state index in [9.17, 15) is 0 Å². The Balaban J connectivity index is 1.52. The maximum absolute atomic E-state index is 5.59. The maximum atomic E-state index is 5.59. The van der Waals surface area contributed by atoms with Crippen LogP contribution in [0.5, 0.6) is 11.5 Å². The molecule has 1 saturated heterocycles. The fraction of sp³-hybridized carbons (Fsp3) is 0.409. The summed E-state index contributed by atoms with van der Waals surface area (Å²) in [5.74, 6) is 2.47. The molecule has 0 saturated carbocycles. The average molecular weight is 409 g/mol. The van der Waals surface area contributed by atoms with Gasteiger partial charge in [-0.3, -0.25) is 0 Å². The van der Waals surface area contributed by atoms with Gasteiger partial charge in [0, 0.05) is 24.2 Å². The molecule has 1 aliphatic rings. The summed E-state index contributed by atoms with van der Waals surface area (Å²) in [7, 11) is 3.39. The van der Waals surface area contributed by atoms with Gasteiger partial charge in [-0.25, -0.2) is 0 Å². The standard InChI is InChI=1S/C22H28N6O2/c1-15-25-26-27-28(15)18-8-11-21(30-3)17(13-18)14-24-20-5-4-12-23-22(20)16-6-9-19(29-2)10-7-16/h6-11,13,20,22-24H,4-5,12,14H2,1-3H3/t20-,22-/m1/s1. The second-order valence-corrected chi connectivity index (χ2v) is 7.47. The number of aryl methyl sites for hydroxylation is 1. The average Bonchev–Trinajstić information content (AvgIpc) is 3.23. The van der Waals surface area contributed by atoms with Gasteiger partial charge in [0.2, 0.25) is 0 Å². The van der Waals surface area contributed by atoms with Crippen LogP contribution in [0.15, 0.2) is 42.5 Å². The number of piperidine rings is 1. The lowest BCUT2D eigenvalue weighted by Gasteiger charge is -2.34. The number of rotatable bonds is 7. The SMILES string of the molecule is COc1ccc([C@H]2NCCC[C@H]2NCc2cc(-n3nnnc3C)ccc2OC)cc1. The third-order valence-corrected chi connectivity index (χ3v) is 5.62. The van der Waals surface area contributed by atoms with E-state index in [0.29, 0.717) is 12.6 Å². The molecule has 2 heterocycles. The zero-order valence-electron chi connectivity index (χ0n) is 17.6. The molecule has 1 aliphatic heterocycles. The molecule has 2 N–H and O–H groups in total. The van der Waals surface area contributed by atoms with Crippen molar-refractivity contribution in [2.24, 2.45) is 0 Å². The Bertz CT molecular complexity index is 972. The lowest BCUT2D eigenvalue weighted by atomic mass is 9.92. The van der Waals surface area contributed by atoms with E-state index in [1.165, 1.54) is 5.56 Å². The van der Waals surface area contributed by atoms with Crippen molar-refractivity contribution in [1.82, 2.24) is 30.8 Å². The molecule has 0 aliphatic carbocycles. The van der Waals surface area contributed by atoms with Crippen molar-refractivity contribution in [3.05, 3.63) is 59.4 Å². The quantitative estimate of drug-likeness (QED) is 0.621. The van der Waals surface area contributed by atoms with Crippen molar-refractivity contribution in [1.29, 1.82) is 0 Å². The van der Waals surface area contributed by atoms with E-state index >= 15 is 0 Å². The van der Waals surface area contributed by atoms with Gasteiger partial charge in [0.05, 0.1) is 19.9 Å². The summed E-state index contributed by atoms with van der Waals surface area (Å²) in [6.45, 7) is 3.60. The van der Waals surface area contributed by atoms with Crippen molar-refractivity contribution in [3.63, 3.8) is 0 Å². The number of hydrogen-bond donors (Lipinski definition) is 2. The van der Waals surface area contributed by atoms with Crippen LogP contribution in [0.25, 0.3) is 5.69 Å². The Hall–Kier alpha value is -2.97. The van der Waals surface area contributed by atoms with Crippen molar-refractivity contribution < 1.29 is 9.47 Å². The Morgan fingerprint density at radius 3 is 2.67 bits per heavy atom. The van der Waals surface area contributed by atoms with Gasteiger partial charge in [-0.2, -0.15) is 4.68 Å². The molecule has 0 spiro atoms. The van der Waals surface area contributed by atoms with Gasteiger partial charge >= 0.3 is 0 Å². The van der Waals surface area contributed by atoms with Crippen LogP contribution in [-0.2, 0) is 6.54 Å². The number of ether oxygens (including phenoxy) is 2. The molecule has 3 aromatic rings. The van der Waals surface area contributed by atoms with Crippen LogP contribution in [0, 0.1) is 6.92 Å². The molecule has 0 unspecified atom stereocenters. The second-order valence-electron chi connectivity index (χ2n) is 7.47. The monoisotopic (exact) mass is 408 g/mol. The van der Waals surface area contributed by atoms with Crippen LogP contribution in [0.2, 0.25) is 0 Å². The van der Waals surface area contributed by atoms with Gasteiger partial charge in [-0.15, -0.1) is 5.10 Å². The minimum atomic E-state index is 0.251. The number of hydrogen-bond acceptors (Lipinski definition) is 7. The second kappa shape index (κ2) is 9.23. The van der Waals surface area contributed by atoms with Crippen LogP contribution >= 0.6 is 0 Å². The van der Waals surface area contributed by atoms with E-state index in [4.69, 9.17) is 9.47 Å². The molecule has 8 heteroatoms. The van der Waals surface area contributed by atoms with Crippen molar-refractivity contribution in [2.45, 2.75) is 38.4 Å². The molecule has 0 radical (unpaired) electrons. The summed E-state index contributed by atoms with van der Waals surface area (Å²) < 4.78 is 12.6. The molecule has 8 nitrogen and oxygen atoms in total. The highest BCUT2D eigenvalue weighted by Gasteiger charge is 2.26. The number of methoxy groups -OCH3 is 2. The zero-order valence-corrected chi connectivity index (χ0v) is 17.6. The van der Waals surface area contributed by atoms with E-state index in [1.54, 1.807) is 18.9 Å². The molecular weight excluding hydrogens is 380 g/mol. The van der Waals surface area contributed by atoms with Crippen LogP contribution < -0.4 is 20.1 Å². The molecular formula is C22H28N6O2. The number of benzene rings is 2. The Labute approximate surface area is 176 Å². The number of tetrazole rings is 1. The lowest BCUT2D eigenvalue weighted by molar-refractivity contribution is 0.302. The Morgan fingerprint density at radius 2 is 1.97 bits per heavy atom. The number of aromatic nitrogens is 4. The zero-order chi connectivity index (χ0) is 20.9. The highest BCUT2D eigenvalue weighted by molar-refractivity contribution is 5.44. The van der Waals surface area contributed by atoms with Gasteiger partial charge in [0.15, 0.2) is 5.82 Å². The highest BCUT2D eigenvalue weighted by Crippen LogP contribution is 2.27. The first-order valence-corrected chi connectivity index (χ1v) is 10.2. The Kier molecular flexibility index (Phi) is 6.25. The molecule has 0 amide bonds. The van der Waals surface area contributed by atoms with Gasteiger partial charge in [-0.05, 0) is 72.6 Å². The van der Waals surface area contributed by atoms with Crippen LogP contribution in [-0.4, -0.2) is 47.0 Å². The first-order valence-electron chi connectivity index (χ1n) is 10.2. The molecule has 2 aromatic carbocycles. The first kappa shape index (κ1) is 20.3. The van der Waals surface area contributed by atoms with E-state index < -0.39 is 0 Å². The third kappa shape index (κ3) is 4.29. The fourth-order valence-electron chi connectivity index (χ4n) is 4.02. The predicted octanol–water partition coefficient (Wildman–Crippen LogP) is 2.57. The molecule has 0 bridgehead atoms. The topological polar surface area (TPSA) is 86.1 Å². The van der Waals surface area contributed by atoms with E-state index in [-0.39, 0.29) is 6.04 Å². The number of nitrogens with one attached hydrogen (secondary N) is 2. The van der Waals surface area contributed by atoms with E-state index in [1.807, 2.05) is 31.2 Å². The van der Waals surface area contributed by atoms with Gasteiger partial charge in [-0.1, -0.05) is 12.1 Å². The third-order valence-electron chi connectivity index (χ3n) is 5.62. The van der Waals surface area contributed by atoms with Crippen molar-refractivity contribution >= 4 is 0 Å². The fourth-order valence-corrected chi connectivity index (χ4v) is 4.02. The lowest BCUT2D eigenvalue weighted by Crippen LogP contribution is -2.45. The van der Waals surface area contributed by atoms with E-state index in [0.717, 1.165) is 48.0 Å². The molecule has 4 rings (SSSR count). The summed E-state index contributed by atoms with van der Waals surface area (Å²) >= 11 is 0. The maximum Gasteiger partial charge on any atom is 0.153 e. The minimum absolute atomic E-state index is 0.251. The largest absolute Gasteiger partial charge is 0.497 e. The van der Waals surface area contributed by atoms with Crippen LogP contribution in [0.1, 0.15) is 35.8 Å². The van der Waals surface area contributed by atoms with Gasteiger partial charge < -0.3 is 20.1 Å². The summed E-state index contributed by atoms with van der Waals surface area (Å²) in [5.41, 5.74) is 3.26. The Morgan fingerprint density at radius 1 is 1.13 bits per heavy atom. The van der Waals surface area contributed by atoms with Crippen molar-refractivity contribution in [2.75, 3.05) is 20.8 Å². The molecule has 1 aromatic heterocycles. The number of nitrogens with zero attached hydrogens (tertiary/aromatic N) is 4. The summed E-state index contributed by atoms with van der Waals surface area (Å²) in [5, 5.41) is 19.2. The van der Waals surface area contributed by atoms with E-state index in [2.05, 4.69) is 44.4 Å². The predicted molar refractivity (Wildman–Crippen MR) is 114 cm³/mol. The van der Waals surface area contributed by atoms with Crippen LogP contribution in [0.4, 0.5) is 0 Å². The van der Waals surface area contributed by atoms with Gasteiger partial charge in [0.25, 0.3) is 0 Å². The smallest absolute Gasteiger partial charge is 0.153 e. The molecule has 1 fully saturated rings. The summed E-state index contributed by atoms with van der Waals surface area (Å²) in [4.78, 5) is 0. The summed E-state index contributed by atoms with van der Waals surface area (Å²) in [6.07, 6.45) is 2.25. The van der Waals surface area contributed by atoms with Crippen LogP contribution in [0.3, 0.4) is 0 Å². The van der Waals surface area contributed by atoms with Gasteiger partial charge in [0.1, 0.15) is 11.5 Å². The first-order chi connectivity index (χ1) is 14.7. The molecule has 30 heavy (non-hydrogen) atoms. The molecule has 158 valence electrons. The normalized spacial score (nSPS) is 18.9.